The van der Waals surface area contributed by atoms with Gasteiger partial charge in [-0.2, -0.15) is 4.39 Å². The molecule has 1 rings (SSSR count). The van der Waals surface area contributed by atoms with Crippen molar-refractivity contribution < 1.29 is 27.4 Å². The van der Waals surface area contributed by atoms with E-state index in [0.29, 0.717) is 6.07 Å². The summed E-state index contributed by atoms with van der Waals surface area (Å²) in [5, 5.41) is 20.0. The van der Waals surface area contributed by atoms with Crippen molar-refractivity contribution in [2.45, 2.75) is 43.8 Å². The van der Waals surface area contributed by atoms with Crippen molar-refractivity contribution in [3.63, 3.8) is 0 Å². The maximum absolute atomic E-state index is 14.4. The first-order chi connectivity index (χ1) is 10.8. The summed E-state index contributed by atoms with van der Waals surface area (Å²) in [7, 11) is -1.73. The molecule has 0 amide bonds. The van der Waals surface area contributed by atoms with Crippen LogP contribution in [0.3, 0.4) is 0 Å². The summed E-state index contributed by atoms with van der Waals surface area (Å²) in [4.78, 5) is 9.85. The van der Waals surface area contributed by atoms with Gasteiger partial charge in [-0.25, -0.2) is 8.78 Å². The van der Waals surface area contributed by atoms with E-state index in [0.717, 1.165) is 19.1 Å². The molecule has 0 fully saturated rings. The molecule has 0 aliphatic carbocycles. The number of nitro groups is 1. The minimum Gasteiger partial charge on any atom is -0.390 e. The van der Waals surface area contributed by atoms with Gasteiger partial charge in [0.15, 0.2) is 0 Å². The molecule has 0 radical (unpaired) electrons. The highest BCUT2D eigenvalue weighted by atomic mass is 32.2. The van der Waals surface area contributed by atoms with Crippen LogP contribution in [0.15, 0.2) is 18.2 Å². The normalized spacial score (nSPS) is 16.5. The Morgan fingerprint density at radius 3 is 2.21 bits per heavy atom. The highest BCUT2D eigenvalue weighted by Crippen LogP contribution is 2.42. The largest absolute Gasteiger partial charge is 0.390 e. The number of rotatable bonds is 6. The zero-order valence-corrected chi connectivity index (χ0v) is 14.6. The van der Waals surface area contributed by atoms with E-state index in [-0.39, 0.29) is 5.56 Å². The van der Waals surface area contributed by atoms with Crippen LogP contribution in [0.4, 0.5) is 18.9 Å². The standard InChI is InChI=1S/C15H20F3NO4S/c1-13(2,3)24(23)9-14(4,15(17,18)8-20)10-5-6-11(16)12(7-10)19(21)22/h5-7,20H,8-9H2,1-4H3/t14-,24+/m1/s1. The summed E-state index contributed by atoms with van der Waals surface area (Å²) in [6, 6.07) is 2.42. The van der Waals surface area contributed by atoms with Crippen LogP contribution in [0.2, 0.25) is 0 Å². The fourth-order valence-electron chi connectivity index (χ4n) is 2.05. The molecule has 136 valence electrons. The van der Waals surface area contributed by atoms with Crippen molar-refractivity contribution >= 4 is 16.5 Å². The second kappa shape index (κ2) is 6.79. The predicted molar refractivity (Wildman–Crippen MR) is 85.2 cm³/mol. The van der Waals surface area contributed by atoms with Crippen LogP contribution in [-0.4, -0.2) is 37.3 Å². The first kappa shape index (κ1) is 20.6. The molecule has 9 heteroatoms. The Hall–Kier alpha value is -1.48. The number of alkyl halides is 2. The maximum atomic E-state index is 14.4. The SMILES string of the molecule is CC(C)(C)[S@@](=O)C[C@](C)(c1ccc(F)c([N+](=O)[O-])c1)C(F)(F)CO. The Bertz CT molecular complexity index is 661. The lowest BCUT2D eigenvalue weighted by atomic mass is 9.78. The van der Waals surface area contributed by atoms with E-state index in [1.807, 2.05) is 0 Å². The van der Waals surface area contributed by atoms with Crippen molar-refractivity contribution in [2.75, 3.05) is 12.4 Å². The van der Waals surface area contributed by atoms with Crippen molar-refractivity contribution in [3.05, 3.63) is 39.7 Å². The second-order valence-electron chi connectivity index (χ2n) is 6.72. The minimum absolute atomic E-state index is 0.257. The molecule has 0 aromatic heterocycles. The third-order valence-corrected chi connectivity index (χ3v) is 6.09. The van der Waals surface area contributed by atoms with E-state index in [2.05, 4.69) is 0 Å². The zero-order valence-electron chi connectivity index (χ0n) is 13.8. The highest BCUT2D eigenvalue weighted by Gasteiger charge is 2.53. The number of aliphatic hydroxyl groups is 1. The number of nitrogens with zero attached hydrogens (tertiary/aromatic N) is 1. The fraction of sp³-hybridized carbons (Fsp3) is 0.600. The predicted octanol–water partition coefficient (Wildman–Crippen LogP) is 3.17. The fourth-order valence-corrected chi connectivity index (χ4v) is 3.38. The van der Waals surface area contributed by atoms with Crippen LogP contribution < -0.4 is 0 Å². The topological polar surface area (TPSA) is 80.4 Å². The van der Waals surface area contributed by atoms with Crippen molar-refractivity contribution in [3.8, 4) is 0 Å². The Balaban J connectivity index is 3.53. The Kier molecular flexibility index (Phi) is 5.82. The summed E-state index contributed by atoms with van der Waals surface area (Å²) in [6.07, 6.45) is 0. The van der Waals surface area contributed by atoms with Crippen LogP contribution in [0, 0.1) is 15.9 Å². The van der Waals surface area contributed by atoms with E-state index >= 15 is 0 Å². The third kappa shape index (κ3) is 3.94. The number of hydrogen-bond donors (Lipinski definition) is 1. The number of aliphatic hydroxyl groups excluding tert-OH is 1. The summed E-state index contributed by atoms with van der Waals surface area (Å²) >= 11 is 0. The van der Waals surface area contributed by atoms with Crippen LogP contribution in [0.25, 0.3) is 0 Å². The quantitative estimate of drug-likeness (QED) is 0.619. The smallest absolute Gasteiger partial charge is 0.305 e. The summed E-state index contributed by atoms with van der Waals surface area (Å²) < 4.78 is 53.9. The number of hydrogen-bond acceptors (Lipinski definition) is 4. The molecule has 0 heterocycles. The van der Waals surface area contributed by atoms with Gasteiger partial charge in [-0.1, -0.05) is 6.07 Å². The molecule has 2 atom stereocenters. The van der Waals surface area contributed by atoms with Gasteiger partial charge in [-0.3, -0.25) is 14.3 Å². The molecule has 1 aromatic carbocycles. The van der Waals surface area contributed by atoms with E-state index in [1.54, 1.807) is 20.8 Å². The average Bonchev–Trinajstić information content (AvgIpc) is 2.45. The summed E-state index contributed by atoms with van der Waals surface area (Å²) in [5.74, 6) is -5.41. The first-order valence-electron chi connectivity index (χ1n) is 7.08. The number of benzene rings is 1. The Morgan fingerprint density at radius 2 is 1.79 bits per heavy atom. The van der Waals surface area contributed by atoms with Gasteiger partial charge < -0.3 is 5.11 Å². The van der Waals surface area contributed by atoms with Gasteiger partial charge >= 0.3 is 5.69 Å². The molecule has 1 aromatic rings. The number of halogens is 3. The van der Waals surface area contributed by atoms with Crippen LogP contribution in [0.1, 0.15) is 33.3 Å². The van der Waals surface area contributed by atoms with Gasteiger partial charge in [0.1, 0.15) is 6.61 Å². The number of nitro benzene ring substituents is 1. The van der Waals surface area contributed by atoms with Gasteiger partial charge in [0.2, 0.25) is 5.82 Å². The van der Waals surface area contributed by atoms with E-state index < -0.39 is 55.7 Å². The molecule has 5 nitrogen and oxygen atoms in total. The molecular weight excluding hydrogens is 347 g/mol. The summed E-state index contributed by atoms with van der Waals surface area (Å²) in [5.41, 5.74) is -3.38. The van der Waals surface area contributed by atoms with Crippen molar-refractivity contribution in [1.29, 1.82) is 0 Å². The van der Waals surface area contributed by atoms with Gasteiger partial charge in [-0.15, -0.1) is 0 Å². The van der Waals surface area contributed by atoms with E-state index in [4.69, 9.17) is 5.11 Å². The molecule has 0 saturated heterocycles. The van der Waals surface area contributed by atoms with Gasteiger partial charge in [0.05, 0.1) is 10.3 Å². The van der Waals surface area contributed by atoms with Crippen LogP contribution in [-0.2, 0) is 16.2 Å². The maximum Gasteiger partial charge on any atom is 0.305 e. The molecule has 0 bridgehead atoms. The van der Waals surface area contributed by atoms with Gasteiger partial charge in [-0.05, 0) is 39.3 Å². The average molecular weight is 367 g/mol. The van der Waals surface area contributed by atoms with E-state index in [9.17, 15) is 27.5 Å². The molecule has 1 N–H and O–H groups in total. The molecule has 0 unspecified atom stereocenters. The van der Waals surface area contributed by atoms with Gasteiger partial charge in [0.25, 0.3) is 5.92 Å². The monoisotopic (exact) mass is 367 g/mol. The summed E-state index contributed by atoms with van der Waals surface area (Å²) in [6.45, 7) is 4.34. The Labute approximate surface area is 140 Å². The van der Waals surface area contributed by atoms with E-state index in [1.165, 1.54) is 0 Å². The molecule has 0 saturated carbocycles. The Morgan fingerprint density at radius 1 is 1.25 bits per heavy atom. The first-order valence-corrected chi connectivity index (χ1v) is 8.40. The lowest BCUT2D eigenvalue weighted by molar-refractivity contribution is -0.387. The van der Waals surface area contributed by atoms with Gasteiger partial charge in [0, 0.05) is 27.4 Å². The highest BCUT2D eigenvalue weighted by molar-refractivity contribution is 7.86. The zero-order chi connectivity index (χ0) is 18.9. The molecule has 0 aliphatic heterocycles. The third-order valence-electron chi connectivity index (χ3n) is 3.89. The molecule has 24 heavy (non-hydrogen) atoms. The van der Waals surface area contributed by atoms with Crippen molar-refractivity contribution in [2.24, 2.45) is 0 Å². The van der Waals surface area contributed by atoms with Crippen molar-refractivity contribution in [1.82, 2.24) is 0 Å². The lowest BCUT2D eigenvalue weighted by Gasteiger charge is -2.38. The molecular formula is C15H20F3NO4S. The second-order valence-corrected chi connectivity index (χ2v) is 8.92. The molecule has 0 spiro atoms. The van der Waals surface area contributed by atoms with Crippen LogP contribution >= 0.6 is 0 Å². The lowest BCUT2D eigenvalue weighted by Crippen LogP contribution is -2.51. The van der Waals surface area contributed by atoms with Crippen LogP contribution in [0.5, 0.6) is 0 Å². The minimum atomic E-state index is -3.71. The molecule has 0 aliphatic rings.